The van der Waals surface area contributed by atoms with Gasteiger partial charge in [-0.15, -0.1) is 0 Å². The van der Waals surface area contributed by atoms with Crippen LogP contribution in [0.15, 0.2) is 24.3 Å². The van der Waals surface area contributed by atoms with E-state index in [1.807, 2.05) is 52.0 Å². The summed E-state index contributed by atoms with van der Waals surface area (Å²) in [7, 11) is 0. The van der Waals surface area contributed by atoms with Gasteiger partial charge in [-0.3, -0.25) is 14.4 Å². The molecule has 41 heavy (non-hydrogen) atoms. The number of amides is 3. The predicted molar refractivity (Wildman–Crippen MR) is 161 cm³/mol. The van der Waals surface area contributed by atoms with Crippen LogP contribution in [0, 0.1) is 18.8 Å². The Bertz CT molecular complexity index is 984. The van der Waals surface area contributed by atoms with Crippen LogP contribution in [-0.2, 0) is 23.9 Å². The van der Waals surface area contributed by atoms with Crippen LogP contribution in [0.5, 0.6) is 0 Å². The standard InChI is InChI=1S/C32H53N3O6/c1-11-40-27(36)18-19-33-29(37)28(25-16-13-23(6)14-17-25)35(24(7)15-12-21(2)3)30(38)26(20-22(4)5)34-31(39)41-32(8,9)10/h13-14,16-17,21-22,24,26,28H,11-12,15,18-20H2,1-10H3,(H,33,37)(H,34,39). The third-order valence-electron chi connectivity index (χ3n) is 6.44. The maximum Gasteiger partial charge on any atom is 0.408 e. The number of hydrogen-bond acceptors (Lipinski definition) is 6. The molecule has 0 saturated carbocycles. The monoisotopic (exact) mass is 575 g/mol. The minimum absolute atomic E-state index is 0.0211. The minimum Gasteiger partial charge on any atom is -0.466 e. The molecule has 3 amide bonds. The summed E-state index contributed by atoms with van der Waals surface area (Å²) < 4.78 is 10.5. The smallest absolute Gasteiger partial charge is 0.408 e. The van der Waals surface area contributed by atoms with Crippen molar-refractivity contribution in [3.05, 3.63) is 35.4 Å². The van der Waals surface area contributed by atoms with Crippen LogP contribution in [0.2, 0.25) is 0 Å². The molecule has 1 aromatic rings. The molecule has 0 spiro atoms. The van der Waals surface area contributed by atoms with E-state index in [1.54, 1.807) is 32.6 Å². The molecule has 2 N–H and O–H groups in total. The van der Waals surface area contributed by atoms with E-state index in [2.05, 4.69) is 24.5 Å². The number of ether oxygens (including phenoxy) is 2. The van der Waals surface area contributed by atoms with E-state index in [9.17, 15) is 19.2 Å². The Balaban J connectivity index is 3.55. The molecule has 0 aromatic heterocycles. The number of carbonyl (C=O) groups is 4. The first-order valence-electron chi connectivity index (χ1n) is 14.9. The van der Waals surface area contributed by atoms with Crippen molar-refractivity contribution < 1.29 is 28.7 Å². The number of nitrogens with zero attached hydrogens (tertiary/aromatic N) is 1. The highest BCUT2D eigenvalue weighted by atomic mass is 16.6. The summed E-state index contributed by atoms with van der Waals surface area (Å²) in [5.41, 5.74) is 0.933. The van der Waals surface area contributed by atoms with E-state index >= 15 is 0 Å². The number of nitrogens with one attached hydrogen (secondary N) is 2. The Kier molecular flexibility index (Phi) is 14.9. The quantitative estimate of drug-likeness (QED) is 0.260. The Morgan fingerprint density at radius 1 is 0.927 bits per heavy atom. The molecular formula is C32H53N3O6. The summed E-state index contributed by atoms with van der Waals surface area (Å²) in [6.45, 7) is 19.4. The molecule has 3 atom stereocenters. The van der Waals surface area contributed by atoms with Gasteiger partial charge in [0.1, 0.15) is 17.7 Å². The summed E-state index contributed by atoms with van der Waals surface area (Å²) in [6, 6.07) is 5.31. The van der Waals surface area contributed by atoms with Gasteiger partial charge in [-0.25, -0.2) is 4.79 Å². The lowest BCUT2D eigenvalue weighted by molar-refractivity contribution is -0.146. The fraction of sp³-hybridized carbons (Fsp3) is 0.688. The van der Waals surface area contributed by atoms with Crippen molar-refractivity contribution in [3.63, 3.8) is 0 Å². The second kappa shape index (κ2) is 17.0. The van der Waals surface area contributed by atoms with Gasteiger partial charge < -0.3 is 25.0 Å². The van der Waals surface area contributed by atoms with E-state index in [4.69, 9.17) is 9.47 Å². The first-order chi connectivity index (χ1) is 19.0. The van der Waals surface area contributed by atoms with Crippen LogP contribution in [0.25, 0.3) is 0 Å². The van der Waals surface area contributed by atoms with E-state index in [0.29, 0.717) is 24.3 Å². The normalized spacial score (nSPS) is 13.8. The molecular weight excluding hydrogens is 522 g/mol. The van der Waals surface area contributed by atoms with Crippen molar-refractivity contribution in [1.82, 2.24) is 15.5 Å². The Labute approximate surface area is 247 Å². The van der Waals surface area contributed by atoms with Gasteiger partial charge in [0.2, 0.25) is 11.8 Å². The van der Waals surface area contributed by atoms with Gasteiger partial charge in [-0.05, 0) is 78.2 Å². The predicted octanol–water partition coefficient (Wildman–Crippen LogP) is 5.70. The number of alkyl carbamates (subject to hydrolysis) is 1. The van der Waals surface area contributed by atoms with Crippen molar-refractivity contribution in [2.45, 2.75) is 119 Å². The average Bonchev–Trinajstić information content (AvgIpc) is 2.84. The molecule has 1 aromatic carbocycles. The highest BCUT2D eigenvalue weighted by Gasteiger charge is 2.39. The first-order valence-corrected chi connectivity index (χ1v) is 14.9. The van der Waals surface area contributed by atoms with E-state index in [1.165, 1.54) is 0 Å². The minimum atomic E-state index is -0.970. The molecule has 9 nitrogen and oxygen atoms in total. The van der Waals surface area contributed by atoms with Crippen LogP contribution in [0.3, 0.4) is 0 Å². The summed E-state index contributed by atoms with van der Waals surface area (Å²) in [5, 5.41) is 5.63. The molecule has 1 rings (SSSR count). The summed E-state index contributed by atoms with van der Waals surface area (Å²) in [6.07, 6.45) is 1.23. The van der Waals surface area contributed by atoms with Gasteiger partial charge in [0.05, 0.1) is 13.0 Å². The highest BCUT2D eigenvalue weighted by molar-refractivity contribution is 5.92. The van der Waals surface area contributed by atoms with Crippen molar-refractivity contribution in [1.29, 1.82) is 0 Å². The van der Waals surface area contributed by atoms with Gasteiger partial charge in [0.25, 0.3) is 0 Å². The van der Waals surface area contributed by atoms with Crippen molar-refractivity contribution >= 4 is 23.9 Å². The second-order valence-electron chi connectivity index (χ2n) is 12.6. The van der Waals surface area contributed by atoms with Crippen LogP contribution < -0.4 is 10.6 Å². The van der Waals surface area contributed by atoms with Gasteiger partial charge in [-0.1, -0.05) is 57.5 Å². The molecule has 9 heteroatoms. The van der Waals surface area contributed by atoms with Crippen molar-refractivity contribution in [2.24, 2.45) is 11.8 Å². The molecule has 0 fully saturated rings. The number of carbonyl (C=O) groups excluding carboxylic acids is 4. The molecule has 0 radical (unpaired) electrons. The topological polar surface area (TPSA) is 114 Å². The third kappa shape index (κ3) is 13.4. The van der Waals surface area contributed by atoms with Crippen LogP contribution in [-0.4, -0.2) is 59.6 Å². The maximum atomic E-state index is 14.4. The zero-order chi connectivity index (χ0) is 31.3. The number of benzene rings is 1. The summed E-state index contributed by atoms with van der Waals surface area (Å²) in [5.74, 6) is -0.674. The zero-order valence-corrected chi connectivity index (χ0v) is 26.8. The average molecular weight is 576 g/mol. The summed E-state index contributed by atoms with van der Waals surface area (Å²) >= 11 is 0. The first kappa shape index (κ1) is 35.9. The van der Waals surface area contributed by atoms with Gasteiger partial charge in [-0.2, -0.15) is 0 Å². The van der Waals surface area contributed by atoms with Crippen LogP contribution in [0.1, 0.15) is 105 Å². The maximum absolute atomic E-state index is 14.4. The molecule has 0 aliphatic heterocycles. The largest absolute Gasteiger partial charge is 0.466 e. The fourth-order valence-electron chi connectivity index (χ4n) is 4.44. The fourth-order valence-corrected chi connectivity index (χ4v) is 4.44. The van der Waals surface area contributed by atoms with Crippen molar-refractivity contribution in [2.75, 3.05) is 13.2 Å². The lowest BCUT2D eigenvalue weighted by atomic mass is 9.95. The second-order valence-corrected chi connectivity index (χ2v) is 12.6. The van der Waals surface area contributed by atoms with Gasteiger partial charge in [0.15, 0.2) is 0 Å². The number of rotatable bonds is 15. The third-order valence-corrected chi connectivity index (χ3v) is 6.44. The van der Waals surface area contributed by atoms with E-state index < -0.39 is 35.7 Å². The van der Waals surface area contributed by atoms with Gasteiger partial charge >= 0.3 is 12.1 Å². The van der Waals surface area contributed by atoms with Crippen LogP contribution in [0.4, 0.5) is 4.79 Å². The molecule has 0 bridgehead atoms. The molecule has 0 aliphatic carbocycles. The lowest BCUT2D eigenvalue weighted by Crippen LogP contribution is -2.56. The molecule has 0 saturated heterocycles. The number of hydrogen-bond donors (Lipinski definition) is 2. The molecule has 232 valence electrons. The van der Waals surface area contributed by atoms with Crippen LogP contribution >= 0.6 is 0 Å². The van der Waals surface area contributed by atoms with Crippen molar-refractivity contribution in [3.8, 4) is 0 Å². The molecule has 0 aliphatic rings. The van der Waals surface area contributed by atoms with E-state index in [-0.39, 0.29) is 37.4 Å². The lowest BCUT2D eigenvalue weighted by Gasteiger charge is -2.39. The Hall–Kier alpha value is -3.10. The molecule has 0 heterocycles. The zero-order valence-electron chi connectivity index (χ0n) is 26.8. The Morgan fingerprint density at radius 2 is 1.54 bits per heavy atom. The number of esters is 1. The van der Waals surface area contributed by atoms with E-state index in [0.717, 1.165) is 12.0 Å². The highest BCUT2D eigenvalue weighted by Crippen LogP contribution is 2.28. The summed E-state index contributed by atoms with van der Waals surface area (Å²) in [4.78, 5) is 54.6. The SMILES string of the molecule is CCOC(=O)CCNC(=O)C(c1ccc(C)cc1)N(C(=O)C(CC(C)C)NC(=O)OC(C)(C)C)C(C)CCC(C)C. The molecule has 3 unspecified atom stereocenters. The Morgan fingerprint density at radius 3 is 2.05 bits per heavy atom. The number of aryl methyl sites for hydroxylation is 1. The van der Waals surface area contributed by atoms with Gasteiger partial charge in [0, 0.05) is 12.6 Å².